The molecule has 2 fully saturated rings. The summed E-state index contributed by atoms with van der Waals surface area (Å²) in [6, 6.07) is 4.01. The fraction of sp³-hybridized carbons (Fsp3) is 0.708. The molecule has 0 amide bonds. The summed E-state index contributed by atoms with van der Waals surface area (Å²) < 4.78 is 70.0. The van der Waals surface area contributed by atoms with E-state index in [0.717, 1.165) is 0 Å². The number of benzene rings is 1. The Bertz CT molecular complexity index is 1170. The van der Waals surface area contributed by atoms with E-state index in [4.69, 9.17) is 28.4 Å². The van der Waals surface area contributed by atoms with Gasteiger partial charge in [0.05, 0.1) is 25.9 Å². The van der Waals surface area contributed by atoms with Crippen LogP contribution in [0.3, 0.4) is 0 Å². The van der Waals surface area contributed by atoms with Crippen LogP contribution < -0.4 is 39.0 Å². The maximum atomic E-state index is 12.4. The Morgan fingerprint density at radius 2 is 1.51 bits per heavy atom. The molecule has 1 aromatic carbocycles. The quantitative estimate of drug-likeness (QED) is 0.0596. The van der Waals surface area contributed by atoms with Crippen molar-refractivity contribution >= 4 is 16.4 Å². The number of esters is 1. The van der Waals surface area contributed by atoms with E-state index < -0.39 is 96.6 Å². The van der Waals surface area contributed by atoms with E-state index in [2.05, 4.69) is 4.18 Å². The molecule has 0 spiro atoms. The van der Waals surface area contributed by atoms with Crippen LogP contribution in [0.25, 0.3) is 0 Å². The van der Waals surface area contributed by atoms with Crippen molar-refractivity contribution in [2.45, 2.75) is 87.8 Å². The van der Waals surface area contributed by atoms with Crippen LogP contribution in [0.1, 0.15) is 31.1 Å². The third-order valence-corrected chi connectivity index (χ3v) is 6.66. The van der Waals surface area contributed by atoms with Gasteiger partial charge in [-0.3, -0.25) is 4.18 Å². The molecule has 17 nitrogen and oxygen atoms in total. The SMILES string of the molecule is COc1cc(C(=O)OC(C)(C)C)ccc1O[C@@H]1O[C@H](CO)[C@@H](O[C@@H]2O[C@H](CO)[C@H](O)[C@H](OS(=O)(=O)[O-])[C@H]2O)[C@H](O)[C@H]1O.[Na+]. The molecule has 43 heavy (non-hydrogen) atoms. The van der Waals surface area contributed by atoms with Crippen LogP contribution in [0.4, 0.5) is 0 Å². The largest absolute Gasteiger partial charge is 1.00 e. The van der Waals surface area contributed by atoms with Gasteiger partial charge in [0, 0.05) is 0 Å². The number of hydrogen-bond acceptors (Lipinski definition) is 17. The molecule has 0 aromatic heterocycles. The molecule has 0 bridgehead atoms. The predicted octanol–water partition coefficient (Wildman–Crippen LogP) is -5.86. The summed E-state index contributed by atoms with van der Waals surface area (Å²) in [5.41, 5.74) is -0.627. The first kappa shape index (κ1) is 38.0. The molecular formula is C24H35NaO17S. The van der Waals surface area contributed by atoms with Gasteiger partial charge in [0.2, 0.25) is 16.7 Å². The second-order valence-corrected chi connectivity index (χ2v) is 11.5. The van der Waals surface area contributed by atoms with Crippen LogP contribution in [0.5, 0.6) is 11.5 Å². The van der Waals surface area contributed by atoms with E-state index >= 15 is 0 Å². The van der Waals surface area contributed by atoms with Gasteiger partial charge in [0.25, 0.3) is 0 Å². The second kappa shape index (κ2) is 15.4. The summed E-state index contributed by atoms with van der Waals surface area (Å²) in [6.07, 6.45) is -18.3. The van der Waals surface area contributed by atoms with Gasteiger partial charge >= 0.3 is 35.5 Å². The van der Waals surface area contributed by atoms with Crippen LogP contribution in [-0.4, -0.2) is 137 Å². The number of carbonyl (C=O) groups is 1. The normalized spacial score (nSPS) is 33.3. The Balaban J connectivity index is 0.00000645. The first-order chi connectivity index (χ1) is 19.5. The number of methoxy groups -OCH3 is 1. The number of rotatable bonds is 10. The van der Waals surface area contributed by atoms with E-state index in [9.17, 15) is 48.4 Å². The summed E-state index contributed by atoms with van der Waals surface area (Å²) in [7, 11) is -4.15. The van der Waals surface area contributed by atoms with Gasteiger partial charge in [-0.2, -0.15) is 0 Å². The van der Waals surface area contributed by atoms with Gasteiger partial charge in [-0.05, 0) is 39.0 Å². The Labute approximate surface area is 269 Å². The van der Waals surface area contributed by atoms with Crippen LogP contribution in [0.15, 0.2) is 18.2 Å². The van der Waals surface area contributed by atoms with Crippen LogP contribution in [0, 0.1) is 0 Å². The molecule has 10 atom stereocenters. The topological polar surface area (TPSA) is 260 Å². The molecule has 0 aliphatic carbocycles. The van der Waals surface area contributed by atoms with Crippen molar-refractivity contribution in [3.8, 4) is 11.5 Å². The number of ether oxygens (including phenoxy) is 6. The van der Waals surface area contributed by atoms with E-state index in [1.165, 1.54) is 25.3 Å². The van der Waals surface area contributed by atoms with Crippen molar-refractivity contribution in [3.63, 3.8) is 0 Å². The van der Waals surface area contributed by atoms with Crippen molar-refractivity contribution in [2.24, 2.45) is 0 Å². The van der Waals surface area contributed by atoms with Gasteiger partial charge in [0.1, 0.15) is 54.4 Å². The summed E-state index contributed by atoms with van der Waals surface area (Å²) in [5.74, 6) is -0.628. The summed E-state index contributed by atoms with van der Waals surface area (Å²) in [5, 5.41) is 61.7. The van der Waals surface area contributed by atoms with Crippen molar-refractivity contribution in [2.75, 3.05) is 20.3 Å². The van der Waals surface area contributed by atoms with Gasteiger partial charge in [0.15, 0.2) is 17.8 Å². The average molecular weight is 651 g/mol. The minimum atomic E-state index is -5.44. The summed E-state index contributed by atoms with van der Waals surface area (Å²) in [4.78, 5) is 12.4. The molecule has 2 saturated heterocycles. The van der Waals surface area contributed by atoms with Crippen LogP contribution >= 0.6 is 0 Å². The standard InChI is InChI=1S/C24H36O17S.Na/c1-24(2,3)40-21(31)10-5-6-11(12(7-10)35-4)36-22-17(29)16(28)19(14(9-26)38-22)39-23-18(30)20(41-42(32,33)34)15(27)13(8-25)37-23;/h5-7,13-20,22-23,25-30H,8-9H2,1-4H3,(H,32,33,34);/q;+1/p-1/t13-,14-,15+,16-,17-,18-,19-,20+,22-,23+;/m1./s1. The minimum absolute atomic E-state index is 0. The monoisotopic (exact) mass is 650 g/mol. The second-order valence-electron chi connectivity index (χ2n) is 10.5. The third kappa shape index (κ3) is 9.65. The maximum absolute atomic E-state index is 12.4. The number of carbonyl (C=O) groups excluding carboxylic acids is 1. The zero-order valence-electron chi connectivity index (χ0n) is 24.0. The molecule has 2 aliphatic rings. The average Bonchev–Trinajstić information content (AvgIpc) is 2.90. The van der Waals surface area contributed by atoms with Gasteiger partial charge in [-0.1, -0.05) is 0 Å². The smallest absolute Gasteiger partial charge is 0.726 e. The number of aliphatic hydroxyl groups is 6. The van der Waals surface area contributed by atoms with Gasteiger partial charge in [-0.15, -0.1) is 0 Å². The molecular weight excluding hydrogens is 615 g/mol. The molecule has 0 unspecified atom stereocenters. The zero-order valence-corrected chi connectivity index (χ0v) is 26.8. The molecule has 3 rings (SSSR count). The van der Waals surface area contributed by atoms with Crippen LogP contribution in [0.2, 0.25) is 0 Å². The number of aliphatic hydroxyl groups excluding tert-OH is 6. The zero-order chi connectivity index (χ0) is 31.6. The molecule has 2 aliphatic heterocycles. The Morgan fingerprint density at radius 1 is 0.907 bits per heavy atom. The van der Waals surface area contributed by atoms with E-state index in [1.807, 2.05) is 0 Å². The first-order valence-electron chi connectivity index (χ1n) is 12.6. The molecule has 0 saturated carbocycles. The predicted molar refractivity (Wildman–Crippen MR) is 134 cm³/mol. The fourth-order valence-electron chi connectivity index (χ4n) is 4.24. The van der Waals surface area contributed by atoms with Gasteiger partial charge < -0.3 is 63.6 Å². The number of hydrogen-bond donors (Lipinski definition) is 6. The first-order valence-corrected chi connectivity index (χ1v) is 14.0. The van der Waals surface area contributed by atoms with Crippen LogP contribution in [-0.2, 0) is 33.5 Å². The van der Waals surface area contributed by atoms with Crippen molar-refractivity contribution in [1.82, 2.24) is 0 Å². The molecule has 0 radical (unpaired) electrons. The van der Waals surface area contributed by atoms with Crippen molar-refractivity contribution in [3.05, 3.63) is 23.8 Å². The molecule has 19 heteroatoms. The Kier molecular flexibility index (Phi) is 13.6. The minimum Gasteiger partial charge on any atom is -0.726 e. The molecule has 1 aromatic rings. The van der Waals surface area contributed by atoms with Gasteiger partial charge in [-0.25, -0.2) is 13.2 Å². The molecule has 2 heterocycles. The van der Waals surface area contributed by atoms with E-state index in [-0.39, 0.29) is 46.6 Å². The fourth-order valence-corrected chi connectivity index (χ4v) is 4.74. The third-order valence-electron chi connectivity index (χ3n) is 6.20. The maximum Gasteiger partial charge on any atom is 1.00 e. The summed E-state index contributed by atoms with van der Waals surface area (Å²) in [6.45, 7) is 3.32. The summed E-state index contributed by atoms with van der Waals surface area (Å²) >= 11 is 0. The van der Waals surface area contributed by atoms with E-state index in [0.29, 0.717) is 0 Å². The van der Waals surface area contributed by atoms with Crippen molar-refractivity contribution in [1.29, 1.82) is 0 Å². The van der Waals surface area contributed by atoms with E-state index in [1.54, 1.807) is 20.8 Å². The molecule has 6 N–H and O–H groups in total. The van der Waals surface area contributed by atoms with Crippen molar-refractivity contribution < 1.29 is 111 Å². The Morgan fingerprint density at radius 3 is 2.05 bits per heavy atom. The Hall–Kier alpha value is -1.20. The molecule has 240 valence electrons.